The molecule has 0 bridgehead atoms. The van der Waals surface area contributed by atoms with Gasteiger partial charge in [0.1, 0.15) is 10.6 Å². The first kappa shape index (κ1) is 20.0. The summed E-state index contributed by atoms with van der Waals surface area (Å²) in [7, 11) is 3.16. The highest BCUT2D eigenvalue weighted by Gasteiger charge is 2.52. The zero-order chi connectivity index (χ0) is 20.8. The number of thioether (sulfide) groups is 1. The van der Waals surface area contributed by atoms with E-state index in [0.29, 0.717) is 18.0 Å². The number of carbonyl (C=O) groups excluding carboxylic acids is 1. The highest BCUT2D eigenvalue weighted by molar-refractivity contribution is 9.15. The molecule has 7 heteroatoms. The number of hydrogen-bond acceptors (Lipinski definition) is 4. The number of allylic oxidation sites excluding steroid dienone is 1. The second kappa shape index (κ2) is 7.54. The van der Waals surface area contributed by atoms with Gasteiger partial charge in [-0.1, -0.05) is 30.0 Å². The second-order valence-electron chi connectivity index (χ2n) is 6.63. The van der Waals surface area contributed by atoms with Gasteiger partial charge in [0.25, 0.3) is 5.91 Å². The van der Waals surface area contributed by atoms with Crippen molar-refractivity contribution < 1.29 is 18.7 Å². The standard InChI is InChI=1S/C22H19BrFNO3S/c1-4-25-16-12-18(28-3)17(27-2)11-15(16)22(21(25)26)10-9-19(29-22)20(23)13-5-7-14(24)8-6-13/h5-12H,4H2,1-3H3/b20-19+. The Labute approximate surface area is 181 Å². The van der Waals surface area contributed by atoms with E-state index in [1.54, 1.807) is 31.3 Å². The molecule has 1 amide bonds. The molecule has 1 unspecified atom stereocenters. The molecular weight excluding hydrogens is 457 g/mol. The predicted molar refractivity (Wildman–Crippen MR) is 118 cm³/mol. The number of rotatable bonds is 4. The van der Waals surface area contributed by atoms with Crippen LogP contribution >= 0.6 is 27.7 Å². The molecule has 0 saturated heterocycles. The van der Waals surface area contributed by atoms with E-state index in [9.17, 15) is 9.18 Å². The molecule has 2 aliphatic heterocycles. The lowest BCUT2D eigenvalue weighted by Gasteiger charge is -2.21. The summed E-state index contributed by atoms with van der Waals surface area (Å²) in [6.45, 7) is 2.50. The summed E-state index contributed by atoms with van der Waals surface area (Å²) < 4.78 is 24.1. The average molecular weight is 476 g/mol. The van der Waals surface area contributed by atoms with E-state index in [1.807, 2.05) is 31.2 Å². The molecule has 1 spiro atoms. The smallest absolute Gasteiger partial charge is 0.252 e. The highest BCUT2D eigenvalue weighted by Crippen LogP contribution is 2.59. The fourth-order valence-corrected chi connectivity index (χ4v) is 5.62. The van der Waals surface area contributed by atoms with Gasteiger partial charge in [-0.3, -0.25) is 4.79 Å². The summed E-state index contributed by atoms with van der Waals surface area (Å²) >= 11 is 5.10. The van der Waals surface area contributed by atoms with Crippen molar-refractivity contribution in [2.75, 3.05) is 25.7 Å². The number of fused-ring (bicyclic) bond motifs is 2. The van der Waals surface area contributed by atoms with Crippen molar-refractivity contribution in [3.05, 3.63) is 70.4 Å². The maximum atomic E-state index is 13.5. The number of nitrogens with zero attached hydrogens (tertiary/aromatic N) is 1. The quantitative estimate of drug-likeness (QED) is 0.587. The number of anilines is 1. The first-order chi connectivity index (χ1) is 13.9. The number of carbonyl (C=O) groups is 1. The lowest BCUT2D eigenvalue weighted by atomic mass is 9.98. The van der Waals surface area contributed by atoms with Crippen LogP contribution in [0.2, 0.25) is 0 Å². The minimum Gasteiger partial charge on any atom is -0.493 e. The number of likely N-dealkylation sites (N-methyl/N-ethyl adjacent to an activating group) is 1. The van der Waals surface area contributed by atoms with Gasteiger partial charge in [0.2, 0.25) is 0 Å². The van der Waals surface area contributed by atoms with Crippen LogP contribution in [0, 0.1) is 5.82 Å². The van der Waals surface area contributed by atoms with Crippen molar-refractivity contribution in [2.24, 2.45) is 0 Å². The molecule has 2 aliphatic rings. The first-order valence-electron chi connectivity index (χ1n) is 9.07. The normalized spacial score (nSPS) is 21.7. The predicted octanol–water partition coefficient (Wildman–Crippen LogP) is 5.47. The number of amides is 1. The fraction of sp³-hybridized carbons (Fsp3) is 0.227. The second-order valence-corrected chi connectivity index (χ2v) is 8.71. The molecular formula is C22H19BrFNO3S. The van der Waals surface area contributed by atoms with Crippen molar-refractivity contribution in [1.29, 1.82) is 0 Å². The van der Waals surface area contributed by atoms with Crippen LogP contribution in [0.3, 0.4) is 0 Å². The minimum atomic E-state index is -0.862. The summed E-state index contributed by atoms with van der Waals surface area (Å²) in [6, 6.07) is 10.00. The molecule has 4 rings (SSSR count). The summed E-state index contributed by atoms with van der Waals surface area (Å²) in [6.07, 6.45) is 3.87. The Morgan fingerprint density at radius 3 is 2.45 bits per heavy atom. The summed E-state index contributed by atoms with van der Waals surface area (Å²) in [5.41, 5.74) is 2.55. The summed E-state index contributed by atoms with van der Waals surface area (Å²) in [4.78, 5) is 16.1. The van der Waals surface area contributed by atoms with Crippen LogP contribution in [0.25, 0.3) is 4.48 Å². The van der Waals surface area contributed by atoms with Crippen molar-refractivity contribution >= 4 is 43.8 Å². The van der Waals surface area contributed by atoms with Gasteiger partial charge in [0, 0.05) is 27.6 Å². The molecule has 2 aromatic rings. The molecule has 0 saturated carbocycles. The van der Waals surface area contributed by atoms with Crippen molar-refractivity contribution in [3.63, 3.8) is 0 Å². The maximum absolute atomic E-state index is 13.5. The molecule has 150 valence electrons. The van der Waals surface area contributed by atoms with Crippen molar-refractivity contribution in [1.82, 2.24) is 0 Å². The van der Waals surface area contributed by atoms with Crippen LogP contribution < -0.4 is 14.4 Å². The van der Waals surface area contributed by atoms with Gasteiger partial charge < -0.3 is 14.4 Å². The Kier molecular flexibility index (Phi) is 5.21. The Balaban J connectivity index is 1.82. The third-order valence-corrected chi connectivity index (χ3v) is 7.69. The van der Waals surface area contributed by atoms with Crippen LogP contribution in [0.4, 0.5) is 10.1 Å². The van der Waals surface area contributed by atoms with Gasteiger partial charge in [-0.25, -0.2) is 4.39 Å². The molecule has 0 fully saturated rings. The van der Waals surface area contributed by atoms with Crippen molar-refractivity contribution in [2.45, 2.75) is 11.7 Å². The topological polar surface area (TPSA) is 38.8 Å². The van der Waals surface area contributed by atoms with E-state index < -0.39 is 4.75 Å². The summed E-state index contributed by atoms with van der Waals surface area (Å²) in [5, 5.41) is 0. The molecule has 29 heavy (non-hydrogen) atoms. The Morgan fingerprint density at radius 2 is 1.83 bits per heavy atom. The van der Waals surface area contributed by atoms with Gasteiger partial charge in [0.15, 0.2) is 11.5 Å². The van der Waals surface area contributed by atoms with Gasteiger partial charge in [-0.2, -0.15) is 0 Å². The van der Waals surface area contributed by atoms with Crippen molar-refractivity contribution in [3.8, 4) is 11.5 Å². The third-order valence-electron chi connectivity index (χ3n) is 5.13. The average Bonchev–Trinajstić information content (AvgIpc) is 3.28. The lowest BCUT2D eigenvalue weighted by Crippen LogP contribution is -2.35. The fourth-order valence-electron chi connectivity index (χ4n) is 3.68. The van der Waals surface area contributed by atoms with Crippen LogP contribution in [-0.4, -0.2) is 26.7 Å². The van der Waals surface area contributed by atoms with E-state index in [1.165, 1.54) is 23.9 Å². The molecule has 2 heterocycles. The van der Waals surface area contributed by atoms with E-state index >= 15 is 0 Å². The largest absolute Gasteiger partial charge is 0.493 e. The number of ether oxygens (including phenoxy) is 2. The van der Waals surface area contributed by atoms with E-state index in [4.69, 9.17) is 9.47 Å². The number of hydrogen-bond donors (Lipinski definition) is 0. The zero-order valence-electron chi connectivity index (χ0n) is 16.2. The molecule has 0 radical (unpaired) electrons. The molecule has 0 aromatic heterocycles. The lowest BCUT2D eigenvalue weighted by molar-refractivity contribution is -0.119. The van der Waals surface area contributed by atoms with E-state index in [2.05, 4.69) is 15.9 Å². The van der Waals surface area contributed by atoms with Gasteiger partial charge in [0.05, 0.1) is 19.9 Å². The highest BCUT2D eigenvalue weighted by atomic mass is 79.9. The zero-order valence-corrected chi connectivity index (χ0v) is 18.6. The first-order valence-corrected chi connectivity index (χ1v) is 10.7. The number of benzene rings is 2. The maximum Gasteiger partial charge on any atom is 0.252 e. The number of halogens is 2. The van der Waals surface area contributed by atoms with Crippen LogP contribution in [0.1, 0.15) is 18.1 Å². The van der Waals surface area contributed by atoms with Crippen LogP contribution in [-0.2, 0) is 9.54 Å². The Bertz CT molecular complexity index is 1050. The van der Waals surface area contributed by atoms with Gasteiger partial charge in [-0.05, 0) is 52.7 Å². The Hall–Kier alpha value is -2.25. The Morgan fingerprint density at radius 1 is 1.17 bits per heavy atom. The summed E-state index contributed by atoms with van der Waals surface area (Å²) in [5.74, 6) is 0.885. The molecule has 2 aromatic carbocycles. The van der Waals surface area contributed by atoms with Crippen LogP contribution in [0.15, 0.2) is 53.5 Å². The SMILES string of the molecule is CCN1C(=O)C2(C=C/C(=C(\Br)c3ccc(F)cc3)S2)c2cc(OC)c(OC)cc21. The molecule has 1 atom stereocenters. The molecule has 4 nitrogen and oxygen atoms in total. The monoisotopic (exact) mass is 475 g/mol. The van der Waals surface area contributed by atoms with E-state index in [-0.39, 0.29) is 11.7 Å². The number of methoxy groups -OCH3 is 2. The molecule has 0 aliphatic carbocycles. The van der Waals surface area contributed by atoms with E-state index in [0.717, 1.165) is 26.2 Å². The molecule has 0 N–H and O–H groups in total. The third kappa shape index (κ3) is 3.07. The van der Waals surface area contributed by atoms with Crippen LogP contribution in [0.5, 0.6) is 11.5 Å². The van der Waals surface area contributed by atoms with Gasteiger partial charge in [-0.15, -0.1) is 0 Å². The van der Waals surface area contributed by atoms with Gasteiger partial charge >= 0.3 is 0 Å². The minimum absolute atomic E-state index is 0.000891.